The molecule has 0 saturated carbocycles. The van der Waals surface area contributed by atoms with Gasteiger partial charge in [0.1, 0.15) is 22.9 Å². The second kappa shape index (κ2) is 13.5. The summed E-state index contributed by atoms with van der Waals surface area (Å²) >= 11 is 0. The van der Waals surface area contributed by atoms with Crippen LogP contribution < -0.4 is 15.4 Å². The van der Waals surface area contributed by atoms with Gasteiger partial charge in [-0.1, -0.05) is 12.1 Å². The minimum atomic E-state index is -1.15. The van der Waals surface area contributed by atoms with E-state index in [0.717, 1.165) is 36.6 Å². The Kier molecular flexibility index (Phi) is 11.8. The number of nitrogens with one attached hydrogen (secondary N) is 2. The Labute approximate surface area is 196 Å². The van der Waals surface area contributed by atoms with Gasteiger partial charge in [-0.25, -0.2) is 4.99 Å². The van der Waals surface area contributed by atoms with Crippen molar-refractivity contribution in [3.63, 3.8) is 0 Å². The van der Waals surface area contributed by atoms with Crippen LogP contribution in [-0.2, 0) is 16.9 Å². The van der Waals surface area contributed by atoms with Gasteiger partial charge in [-0.2, -0.15) is 0 Å². The molecule has 0 fully saturated rings. The van der Waals surface area contributed by atoms with Gasteiger partial charge >= 0.3 is 0 Å². The van der Waals surface area contributed by atoms with E-state index in [1.165, 1.54) is 0 Å². The number of halogens is 1. The van der Waals surface area contributed by atoms with Crippen molar-refractivity contribution in [2.45, 2.75) is 39.4 Å². The molecule has 1 atom stereocenters. The van der Waals surface area contributed by atoms with E-state index in [4.69, 9.17) is 13.9 Å². The van der Waals surface area contributed by atoms with Gasteiger partial charge in [-0.15, -0.1) is 24.0 Å². The maximum atomic E-state index is 10.6. The van der Waals surface area contributed by atoms with Crippen LogP contribution in [0.15, 0.2) is 45.8 Å². The highest BCUT2D eigenvalue weighted by Gasteiger charge is 2.26. The third-order valence-electron chi connectivity index (χ3n) is 4.35. The monoisotopic (exact) mass is 531 g/mol. The normalized spacial score (nSPS) is 13.3. The van der Waals surface area contributed by atoms with Crippen molar-refractivity contribution in [3.05, 3.63) is 53.5 Å². The zero-order valence-corrected chi connectivity index (χ0v) is 20.6. The second-order valence-corrected chi connectivity index (χ2v) is 7.06. The summed E-state index contributed by atoms with van der Waals surface area (Å²) in [5, 5.41) is 17.1. The predicted molar refractivity (Wildman–Crippen MR) is 130 cm³/mol. The van der Waals surface area contributed by atoms with Gasteiger partial charge in [0.25, 0.3) is 0 Å². The van der Waals surface area contributed by atoms with E-state index >= 15 is 0 Å². The summed E-state index contributed by atoms with van der Waals surface area (Å²) in [5.41, 5.74) is -0.0398. The van der Waals surface area contributed by atoms with Gasteiger partial charge in [-0.05, 0) is 57.0 Å². The quantitative estimate of drug-likeness (QED) is 0.178. The molecule has 0 amide bonds. The molecular weight excluding hydrogens is 497 g/mol. The van der Waals surface area contributed by atoms with Crippen molar-refractivity contribution in [2.24, 2.45) is 4.99 Å². The summed E-state index contributed by atoms with van der Waals surface area (Å²) in [7, 11) is 1.66. The van der Waals surface area contributed by atoms with Crippen LogP contribution in [0.2, 0.25) is 0 Å². The molecule has 0 bridgehead atoms. The van der Waals surface area contributed by atoms with E-state index in [0.29, 0.717) is 24.9 Å². The lowest BCUT2D eigenvalue weighted by atomic mass is 10.0. The molecule has 0 aliphatic carbocycles. The van der Waals surface area contributed by atoms with Crippen LogP contribution in [0.5, 0.6) is 5.75 Å². The van der Waals surface area contributed by atoms with Gasteiger partial charge < -0.3 is 29.6 Å². The Balaban J connectivity index is 0.00000450. The predicted octanol–water partition coefficient (Wildman–Crippen LogP) is 3.58. The third kappa shape index (κ3) is 8.93. The molecule has 2 rings (SSSR count). The number of aryl methyl sites for hydroxylation is 1. The van der Waals surface area contributed by atoms with Gasteiger partial charge in [0, 0.05) is 19.7 Å². The molecule has 8 heteroatoms. The summed E-state index contributed by atoms with van der Waals surface area (Å²) in [6, 6.07) is 11.5. The Hall–Kier alpha value is -1.78. The van der Waals surface area contributed by atoms with Crippen molar-refractivity contribution in [2.75, 3.05) is 33.4 Å². The fourth-order valence-corrected chi connectivity index (χ4v) is 2.67. The zero-order chi connectivity index (χ0) is 21.1. The average Bonchev–Trinajstić information content (AvgIpc) is 3.16. The smallest absolute Gasteiger partial charge is 0.191 e. The number of aliphatic hydroxyl groups is 1. The van der Waals surface area contributed by atoms with Crippen molar-refractivity contribution >= 4 is 29.9 Å². The maximum Gasteiger partial charge on any atom is 0.191 e. The Morgan fingerprint density at radius 1 is 1.17 bits per heavy atom. The number of rotatable bonds is 11. The molecule has 0 saturated heterocycles. The molecule has 0 spiro atoms. The average molecular weight is 531 g/mol. The molecule has 3 N–H and O–H groups in total. The Morgan fingerprint density at radius 3 is 2.50 bits per heavy atom. The number of hydrogen-bond acceptors (Lipinski definition) is 5. The molecule has 30 heavy (non-hydrogen) atoms. The van der Waals surface area contributed by atoms with Crippen LogP contribution in [0.4, 0.5) is 0 Å². The van der Waals surface area contributed by atoms with E-state index in [1.807, 2.05) is 44.2 Å². The SMILES string of the molecule is CCNC(=NCC(C)(O)c1ccc(C)o1)NCCCOCc1ccc(OC)cc1.I. The molecular formula is C22H34IN3O4. The van der Waals surface area contributed by atoms with E-state index in [1.54, 1.807) is 20.1 Å². The van der Waals surface area contributed by atoms with Gasteiger partial charge in [0.2, 0.25) is 0 Å². The highest BCUT2D eigenvalue weighted by atomic mass is 127. The molecule has 0 aliphatic heterocycles. The van der Waals surface area contributed by atoms with E-state index in [-0.39, 0.29) is 30.5 Å². The largest absolute Gasteiger partial charge is 0.497 e. The number of ether oxygens (including phenoxy) is 2. The molecule has 1 heterocycles. The highest BCUT2D eigenvalue weighted by Crippen LogP contribution is 2.23. The molecule has 2 aromatic rings. The number of methoxy groups -OCH3 is 1. The van der Waals surface area contributed by atoms with Crippen LogP contribution >= 0.6 is 24.0 Å². The summed E-state index contributed by atoms with van der Waals surface area (Å²) in [6.45, 7) is 8.42. The third-order valence-corrected chi connectivity index (χ3v) is 4.35. The van der Waals surface area contributed by atoms with Crippen molar-refractivity contribution < 1.29 is 19.0 Å². The second-order valence-electron chi connectivity index (χ2n) is 7.06. The van der Waals surface area contributed by atoms with Gasteiger partial charge in [0.15, 0.2) is 5.96 Å². The Bertz CT molecular complexity index is 760. The van der Waals surface area contributed by atoms with Crippen molar-refractivity contribution in [1.29, 1.82) is 0 Å². The van der Waals surface area contributed by atoms with E-state index in [9.17, 15) is 5.11 Å². The fourth-order valence-electron chi connectivity index (χ4n) is 2.67. The fraction of sp³-hybridized carbons (Fsp3) is 0.500. The van der Waals surface area contributed by atoms with Crippen LogP contribution in [0.25, 0.3) is 0 Å². The molecule has 168 valence electrons. The molecule has 1 aromatic carbocycles. The molecule has 1 unspecified atom stereocenters. The van der Waals surface area contributed by atoms with Gasteiger partial charge in [-0.3, -0.25) is 0 Å². The topological polar surface area (TPSA) is 88.3 Å². The lowest BCUT2D eigenvalue weighted by molar-refractivity contribution is 0.0428. The lowest BCUT2D eigenvalue weighted by Gasteiger charge is -2.19. The number of furan rings is 1. The van der Waals surface area contributed by atoms with Crippen molar-refractivity contribution in [3.8, 4) is 5.75 Å². The van der Waals surface area contributed by atoms with Gasteiger partial charge in [0.05, 0.1) is 20.3 Å². The van der Waals surface area contributed by atoms with E-state index in [2.05, 4.69) is 15.6 Å². The number of benzene rings is 1. The Morgan fingerprint density at radius 2 is 1.90 bits per heavy atom. The standard InChI is InChI=1S/C22H33N3O4.HI/c1-5-23-21(25-16-22(3,26)20-12-7-17(2)29-20)24-13-6-14-28-15-18-8-10-19(27-4)11-9-18;/h7-12,26H,5-6,13-16H2,1-4H3,(H2,23,24,25);1H. The van der Waals surface area contributed by atoms with Crippen LogP contribution in [0.1, 0.15) is 37.4 Å². The van der Waals surface area contributed by atoms with E-state index < -0.39 is 5.60 Å². The highest BCUT2D eigenvalue weighted by molar-refractivity contribution is 14.0. The molecule has 7 nitrogen and oxygen atoms in total. The van der Waals surface area contributed by atoms with Crippen LogP contribution in [0, 0.1) is 6.92 Å². The molecule has 0 aliphatic rings. The lowest BCUT2D eigenvalue weighted by Crippen LogP contribution is -2.39. The minimum absolute atomic E-state index is 0. The first-order valence-corrected chi connectivity index (χ1v) is 9.96. The number of nitrogens with zero attached hydrogens (tertiary/aromatic N) is 1. The number of guanidine groups is 1. The van der Waals surface area contributed by atoms with Crippen LogP contribution in [0.3, 0.4) is 0 Å². The van der Waals surface area contributed by atoms with Crippen LogP contribution in [-0.4, -0.2) is 44.4 Å². The zero-order valence-electron chi connectivity index (χ0n) is 18.2. The van der Waals surface area contributed by atoms with Crippen molar-refractivity contribution in [1.82, 2.24) is 10.6 Å². The minimum Gasteiger partial charge on any atom is -0.497 e. The maximum absolute atomic E-state index is 10.6. The first kappa shape index (κ1) is 26.3. The summed E-state index contributed by atoms with van der Waals surface area (Å²) in [6.07, 6.45) is 0.842. The first-order valence-electron chi connectivity index (χ1n) is 9.96. The number of aliphatic imine (C=N–C) groups is 1. The first-order chi connectivity index (χ1) is 13.9. The summed E-state index contributed by atoms with van der Waals surface area (Å²) in [5.74, 6) is 2.78. The number of hydrogen-bond donors (Lipinski definition) is 3. The molecule has 0 radical (unpaired) electrons. The summed E-state index contributed by atoms with van der Waals surface area (Å²) < 4.78 is 16.4. The summed E-state index contributed by atoms with van der Waals surface area (Å²) in [4.78, 5) is 4.48. The molecule has 1 aromatic heterocycles.